The molecule has 0 aromatic rings. The summed E-state index contributed by atoms with van der Waals surface area (Å²) in [6.45, 7) is 6.60. The monoisotopic (exact) mass is 348 g/mol. The summed E-state index contributed by atoms with van der Waals surface area (Å²) in [7, 11) is 1.45. The molecule has 4 aliphatic carbocycles. The molecule has 0 saturated heterocycles. The Morgan fingerprint density at radius 1 is 1.12 bits per heavy atom. The fraction of sp³-hybridized carbons (Fsp3) is 0.905. The Morgan fingerprint density at radius 3 is 2.48 bits per heavy atom. The highest BCUT2D eigenvalue weighted by molar-refractivity contribution is 5.80. The van der Waals surface area contributed by atoms with Crippen molar-refractivity contribution in [2.75, 3.05) is 7.11 Å². The van der Waals surface area contributed by atoms with Crippen LogP contribution >= 0.6 is 0 Å². The van der Waals surface area contributed by atoms with Gasteiger partial charge in [-0.3, -0.25) is 9.59 Å². The van der Waals surface area contributed by atoms with Crippen LogP contribution in [0.3, 0.4) is 0 Å². The molecule has 0 aromatic heterocycles. The first-order valence-electron chi connectivity index (χ1n) is 10.0. The second kappa shape index (κ2) is 5.23. The molecular weight excluding hydrogens is 316 g/mol. The van der Waals surface area contributed by atoms with Gasteiger partial charge in [0.25, 0.3) is 0 Å². The zero-order chi connectivity index (χ0) is 18.2. The first kappa shape index (κ1) is 17.4. The van der Waals surface area contributed by atoms with Crippen molar-refractivity contribution in [3.8, 4) is 0 Å². The summed E-state index contributed by atoms with van der Waals surface area (Å²) in [4.78, 5) is 25.4. The van der Waals surface area contributed by atoms with E-state index in [1.165, 1.54) is 13.5 Å². The molecule has 1 spiro atoms. The van der Waals surface area contributed by atoms with Crippen LogP contribution in [0.15, 0.2) is 0 Å². The number of carbonyl (C=O) groups excluding carboxylic acids is 1. The minimum Gasteiger partial charge on any atom is -0.481 e. The van der Waals surface area contributed by atoms with Gasteiger partial charge in [-0.2, -0.15) is 0 Å². The lowest BCUT2D eigenvalue weighted by atomic mass is 9.53. The highest BCUT2D eigenvalue weighted by Gasteiger charge is 2.75. The van der Waals surface area contributed by atoms with E-state index < -0.39 is 17.3 Å². The van der Waals surface area contributed by atoms with Crippen molar-refractivity contribution in [2.24, 2.45) is 45.8 Å². The summed E-state index contributed by atoms with van der Waals surface area (Å²) in [5.74, 6) is 0.341. The molecule has 0 aliphatic heterocycles. The smallest absolute Gasteiger partial charge is 0.311 e. The molecular formula is C21H32O4. The largest absolute Gasteiger partial charge is 0.481 e. The average Bonchev–Trinajstić information content (AvgIpc) is 2.94. The minimum absolute atomic E-state index is 0.0563. The summed E-state index contributed by atoms with van der Waals surface area (Å²) in [6.07, 6.45) is 7.27. The highest BCUT2D eigenvalue weighted by Crippen LogP contribution is 2.77. The van der Waals surface area contributed by atoms with E-state index in [9.17, 15) is 14.7 Å². The lowest BCUT2D eigenvalue weighted by molar-refractivity contribution is -0.169. The molecule has 0 aromatic carbocycles. The number of carbonyl (C=O) groups is 2. The SMILES string of the molecule is COC(=O)[C@]1(C)CCC[C@@]2(C)[C@@H]3CC[C@@H]4C[C@]3(C[C@@H]4C)[C@@H](C(=O)O)[C@@H]21. The fourth-order valence-electron chi connectivity index (χ4n) is 8.53. The summed E-state index contributed by atoms with van der Waals surface area (Å²) in [5, 5.41) is 10.3. The Kier molecular flexibility index (Phi) is 3.63. The lowest BCUT2D eigenvalue weighted by Crippen LogP contribution is -2.51. The first-order chi connectivity index (χ1) is 11.7. The van der Waals surface area contributed by atoms with Crippen molar-refractivity contribution in [1.82, 2.24) is 0 Å². The Morgan fingerprint density at radius 2 is 1.84 bits per heavy atom. The molecule has 25 heavy (non-hydrogen) atoms. The molecule has 4 fully saturated rings. The van der Waals surface area contributed by atoms with Gasteiger partial charge in [-0.25, -0.2) is 0 Å². The van der Waals surface area contributed by atoms with E-state index >= 15 is 0 Å². The molecule has 4 rings (SSSR count). The molecule has 4 nitrogen and oxygen atoms in total. The van der Waals surface area contributed by atoms with Crippen molar-refractivity contribution in [3.05, 3.63) is 0 Å². The number of carboxylic acid groups (broad SMARTS) is 1. The van der Waals surface area contributed by atoms with Crippen LogP contribution < -0.4 is 0 Å². The molecule has 4 saturated carbocycles. The van der Waals surface area contributed by atoms with Crippen molar-refractivity contribution < 1.29 is 19.4 Å². The summed E-state index contributed by atoms with van der Waals surface area (Å²) >= 11 is 0. The molecule has 0 unspecified atom stereocenters. The Hall–Kier alpha value is -1.06. The Bertz CT molecular complexity index is 611. The standard InChI is InChI=1S/C21H32O4/c1-12-10-21-11-13(12)6-7-14(21)19(2)8-5-9-20(3,18(24)25-4)16(19)15(21)17(22)23/h12-16H,5-11H2,1-4H3,(H,22,23)/t12-,13+,14-,15+,16-,19-,20+,21-/m0/s1. The van der Waals surface area contributed by atoms with Crippen molar-refractivity contribution in [3.63, 3.8) is 0 Å². The molecule has 4 aliphatic rings. The number of rotatable bonds is 2. The van der Waals surface area contributed by atoms with Gasteiger partial charge in [0, 0.05) is 0 Å². The number of ether oxygens (including phenoxy) is 1. The Balaban J connectivity index is 1.89. The summed E-state index contributed by atoms with van der Waals surface area (Å²) < 4.78 is 5.19. The number of carboxylic acids is 1. The van der Waals surface area contributed by atoms with Crippen LogP contribution in [0.2, 0.25) is 0 Å². The van der Waals surface area contributed by atoms with Crippen LogP contribution in [0.25, 0.3) is 0 Å². The van der Waals surface area contributed by atoms with Gasteiger partial charge in [0.15, 0.2) is 0 Å². The number of esters is 1. The van der Waals surface area contributed by atoms with E-state index in [-0.39, 0.29) is 22.7 Å². The van der Waals surface area contributed by atoms with Gasteiger partial charge in [-0.15, -0.1) is 0 Å². The Labute approximate surface area is 150 Å². The third kappa shape index (κ3) is 1.94. The molecule has 0 heterocycles. The van der Waals surface area contributed by atoms with E-state index in [2.05, 4.69) is 13.8 Å². The van der Waals surface area contributed by atoms with Crippen LogP contribution in [0.1, 0.15) is 65.7 Å². The van der Waals surface area contributed by atoms with Crippen molar-refractivity contribution >= 4 is 11.9 Å². The van der Waals surface area contributed by atoms with E-state index in [1.54, 1.807) is 0 Å². The van der Waals surface area contributed by atoms with Gasteiger partial charge in [0.2, 0.25) is 0 Å². The third-order valence-electron chi connectivity index (χ3n) is 9.14. The molecule has 0 radical (unpaired) electrons. The fourth-order valence-corrected chi connectivity index (χ4v) is 8.53. The maximum absolute atomic E-state index is 12.8. The van der Waals surface area contributed by atoms with E-state index in [0.717, 1.165) is 38.5 Å². The van der Waals surface area contributed by atoms with E-state index in [1.807, 2.05) is 6.92 Å². The van der Waals surface area contributed by atoms with Gasteiger partial charge in [0.05, 0.1) is 18.4 Å². The molecule has 4 heteroatoms. The summed E-state index contributed by atoms with van der Waals surface area (Å²) in [5.41, 5.74) is -0.829. The predicted octanol–water partition coefficient (Wildman–Crippen LogP) is 4.13. The van der Waals surface area contributed by atoms with Gasteiger partial charge < -0.3 is 9.84 Å². The average molecular weight is 348 g/mol. The molecule has 140 valence electrons. The summed E-state index contributed by atoms with van der Waals surface area (Å²) in [6, 6.07) is 0. The quantitative estimate of drug-likeness (QED) is 0.762. The van der Waals surface area contributed by atoms with E-state index in [0.29, 0.717) is 17.8 Å². The maximum Gasteiger partial charge on any atom is 0.311 e. The molecule has 2 bridgehead atoms. The van der Waals surface area contributed by atoms with Crippen LogP contribution in [-0.4, -0.2) is 24.2 Å². The highest BCUT2D eigenvalue weighted by atomic mass is 16.5. The molecule has 8 atom stereocenters. The predicted molar refractivity (Wildman–Crippen MR) is 93.7 cm³/mol. The lowest BCUT2D eigenvalue weighted by Gasteiger charge is -2.50. The number of hydrogen-bond donors (Lipinski definition) is 1. The third-order valence-corrected chi connectivity index (χ3v) is 9.14. The van der Waals surface area contributed by atoms with Crippen LogP contribution in [0.5, 0.6) is 0 Å². The van der Waals surface area contributed by atoms with Crippen LogP contribution in [0.4, 0.5) is 0 Å². The van der Waals surface area contributed by atoms with Crippen molar-refractivity contribution in [1.29, 1.82) is 0 Å². The molecule has 0 amide bonds. The molecule has 1 N–H and O–H groups in total. The number of fused-ring (bicyclic) bond motifs is 3. The van der Waals surface area contributed by atoms with Gasteiger partial charge >= 0.3 is 11.9 Å². The van der Waals surface area contributed by atoms with Gasteiger partial charge in [-0.1, -0.05) is 20.3 Å². The first-order valence-corrected chi connectivity index (χ1v) is 10.0. The second-order valence-electron chi connectivity index (χ2n) is 10.1. The van der Waals surface area contributed by atoms with Gasteiger partial charge in [0.1, 0.15) is 0 Å². The second-order valence-corrected chi connectivity index (χ2v) is 10.1. The van der Waals surface area contributed by atoms with E-state index in [4.69, 9.17) is 4.74 Å². The zero-order valence-electron chi connectivity index (χ0n) is 16.0. The number of aliphatic carboxylic acids is 1. The normalized spacial score (nSPS) is 53.8. The van der Waals surface area contributed by atoms with Crippen LogP contribution in [0, 0.1) is 45.8 Å². The number of hydrogen-bond acceptors (Lipinski definition) is 3. The topological polar surface area (TPSA) is 63.6 Å². The van der Waals surface area contributed by atoms with Crippen molar-refractivity contribution in [2.45, 2.75) is 65.7 Å². The minimum atomic E-state index is -0.675. The van der Waals surface area contributed by atoms with Gasteiger partial charge in [-0.05, 0) is 80.0 Å². The number of methoxy groups -OCH3 is 1. The van der Waals surface area contributed by atoms with Crippen LogP contribution in [-0.2, 0) is 14.3 Å². The zero-order valence-corrected chi connectivity index (χ0v) is 16.0. The maximum atomic E-state index is 12.8.